The Morgan fingerprint density at radius 3 is 1.47 bits per heavy atom. The SMILES string of the molecule is COC(=O)CNC(=O)CC(=O)NCC(=O)OC. The van der Waals surface area contributed by atoms with E-state index in [0.717, 1.165) is 0 Å². The lowest BCUT2D eigenvalue weighted by molar-refractivity contribution is -0.142. The summed E-state index contributed by atoms with van der Waals surface area (Å²) in [5, 5.41) is 4.35. The first-order valence-electron chi connectivity index (χ1n) is 4.66. The molecule has 0 fully saturated rings. The van der Waals surface area contributed by atoms with Crippen LogP contribution in [-0.2, 0) is 28.7 Å². The van der Waals surface area contributed by atoms with Crippen molar-refractivity contribution in [2.24, 2.45) is 0 Å². The van der Waals surface area contributed by atoms with Crippen molar-refractivity contribution in [2.45, 2.75) is 6.42 Å². The van der Waals surface area contributed by atoms with E-state index in [-0.39, 0.29) is 13.1 Å². The molecule has 2 amide bonds. The van der Waals surface area contributed by atoms with E-state index < -0.39 is 30.2 Å². The first-order chi connectivity index (χ1) is 7.99. The zero-order valence-electron chi connectivity index (χ0n) is 9.57. The molecule has 96 valence electrons. The number of carbonyl (C=O) groups is 4. The van der Waals surface area contributed by atoms with E-state index in [9.17, 15) is 19.2 Å². The van der Waals surface area contributed by atoms with Gasteiger partial charge in [-0.1, -0.05) is 0 Å². The molecule has 0 aliphatic carbocycles. The van der Waals surface area contributed by atoms with Crippen LogP contribution in [0.4, 0.5) is 0 Å². The Kier molecular flexibility index (Phi) is 7.07. The van der Waals surface area contributed by atoms with Gasteiger partial charge < -0.3 is 20.1 Å². The topological polar surface area (TPSA) is 111 Å². The van der Waals surface area contributed by atoms with Gasteiger partial charge in [0.1, 0.15) is 19.5 Å². The highest BCUT2D eigenvalue weighted by molar-refractivity contribution is 5.98. The lowest BCUT2D eigenvalue weighted by atomic mass is 10.3. The average Bonchev–Trinajstić information content (AvgIpc) is 2.32. The Hall–Kier alpha value is -2.12. The molecule has 0 aromatic heterocycles. The highest BCUT2D eigenvalue weighted by Crippen LogP contribution is 1.81. The predicted molar refractivity (Wildman–Crippen MR) is 54.7 cm³/mol. The minimum atomic E-state index is -0.641. The zero-order valence-corrected chi connectivity index (χ0v) is 9.57. The molecule has 0 aromatic rings. The zero-order chi connectivity index (χ0) is 13.3. The number of amides is 2. The molecule has 0 heterocycles. The number of carbonyl (C=O) groups excluding carboxylic acids is 4. The van der Waals surface area contributed by atoms with Gasteiger partial charge >= 0.3 is 11.9 Å². The molecule has 0 aliphatic rings. The van der Waals surface area contributed by atoms with Gasteiger partial charge in [0.05, 0.1) is 14.2 Å². The molecule has 0 aliphatic heterocycles. The van der Waals surface area contributed by atoms with Gasteiger partial charge in [-0.2, -0.15) is 0 Å². The average molecular weight is 246 g/mol. The fraction of sp³-hybridized carbons (Fsp3) is 0.556. The molecule has 0 spiro atoms. The van der Waals surface area contributed by atoms with Gasteiger partial charge in [0, 0.05) is 0 Å². The van der Waals surface area contributed by atoms with Crippen molar-refractivity contribution in [2.75, 3.05) is 27.3 Å². The summed E-state index contributed by atoms with van der Waals surface area (Å²) in [4.78, 5) is 43.5. The van der Waals surface area contributed by atoms with E-state index in [1.807, 2.05) is 0 Å². The molecule has 0 aromatic carbocycles. The Labute approximate surface area is 97.6 Å². The van der Waals surface area contributed by atoms with E-state index in [2.05, 4.69) is 20.1 Å². The van der Waals surface area contributed by atoms with E-state index in [1.54, 1.807) is 0 Å². The second kappa shape index (κ2) is 8.08. The van der Waals surface area contributed by atoms with Crippen LogP contribution >= 0.6 is 0 Å². The molecule has 0 atom stereocenters. The third kappa shape index (κ3) is 7.77. The first kappa shape index (κ1) is 14.9. The maximum Gasteiger partial charge on any atom is 0.325 e. The standard InChI is InChI=1S/C9H14N2O6/c1-16-8(14)4-10-6(12)3-7(13)11-5-9(15)17-2/h3-5H2,1-2H3,(H,10,12)(H,11,13). The van der Waals surface area contributed by atoms with Crippen LogP contribution in [0.15, 0.2) is 0 Å². The summed E-state index contributed by atoms with van der Waals surface area (Å²) < 4.78 is 8.57. The number of ether oxygens (including phenoxy) is 2. The predicted octanol–water partition coefficient (Wildman–Crippen LogP) is -2.05. The lowest BCUT2D eigenvalue weighted by Crippen LogP contribution is -2.36. The molecule has 0 saturated heterocycles. The van der Waals surface area contributed by atoms with Crippen molar-refractivity contribution in [1.29, 1.82) is 0 Å². The van der Waals surface area contributed by atoms with E-state index in [4.69, 9.17) is 0 Å². The monoisotopic (exact) mass is 246 g/mol. The van der Waals surface area contributed by atoms with Crippen LogP contribution in [0.2, 0.25) is 0 Å². The van der Waals surface area contributed by atoms with Crippen molar-refractivity contribution in [3.8, 4) is 0 Å². The molecular weight excluding hydrogens is 232 g/mol. The molecule has 0 rings (SSSR count). The molecule has 0 radical (unpaired) electrons. The summed E-state index contributed by atoms with van der Waals surface area (Å²) in [6.45, 7) is -0.612. The van der Waals surface area contributed by atoms with Crippen LogP contribution in [0.3, 0.4) is 0 Å². The minimum Gasteiger partial charge on any atom is -0.468 e. The summed E-state index contributed by atoms with van der Waals surface area (Å²) >= 11 is 0. The Morgan fingerprint density at radius 2 is 1.18 bits per heavy atom. The van der Waals surface area contributed by atoms with Gasteiger partial charge in [0.2, 0.25) is 11.8 Å². The fourth-order valence-corrected chi connectivity index (χ4v) is 0.757. The van der Waals surface area contributed by atoms with Gasteiger partial charge in [-0.05, 0) is 0 Å². The molecule has 17 heavy (non-hydrogen) atoms. The highest BCUT2D eigenvalue weighted by Gasteiger charge is 2.11. The van der Waals surface area contributed by atoms with Gasteiger partial charge in [-0.25, -0.2) is 0 Å². The molecule has 8 nitrogen and oxygen atoms in total. The summed E-state index contributed by atoms with van der Waals surface area (Å²) in [7, 11) is 2.36. The maximum absolute atomic E-state index is 11.1. The molecule has 2 N–H and O–H groups in total. The second-order valence-electron chi connectivity index (χ2n) is 2.88. The summed E-state index contributed by atoms with van der Waals surface area (Å²) in [6.07, 6.45) is -0.478. The highest BCUT2D eigenvalue weighted by atomic mass is 16.5. The minimum absolute atomic E-state index is 0.306. The largest absolute Gasteiger partial charge is 0.468 e. The van der Waals surface area contributed by atoms with Crippen molar-refractivity contribution in [1.82, 2.24) is 10.6 Å². The van der Waals surface area contributed by atoms with Crippen molar-refractivity contribution in [3.63, 3.8) is 0 Å². The smallest absolute Gasteiger partial charge is 0.325 e. The quantitative estimate of drug-likeness (QED) is 0.412. The van der Waals surface area contributed by atoms with Crippen LogP contribution in [0.5, 0.6) is 0 Å². The Morgan fingerprint density at radius 1 is 0.824 bits per heavy atom. The third-order valence-electron chi connectivity index (χ3n) is 1.64. The third-order valence-corrected chi connectivity index (χ3v) is 1.64. The summed E-state index contributed by atoms with van der Waals surface area (Å²) in [5.74, 6) is -2.52. The molecule has 0 bridgehead atoms. The van der Waals surface area contributed by atoms with Gasteiger partial charge in [0.25, 0.3) is 0 Å². The maximum atomic E-state index is 11.1. The Balaban J connectivity index is 3.77. The first-order valence-corrected chi connectivity index (χ1v) is 4.66. The normalized spacial score (nSPS) is 9.06. The molecule has 8 heteroatoms. The van der Waals surface area contributed by atoms with E-state index in [0.29, 0.717) is 0 Å². The number of esters is 2. The fourth-order valence-electron chi connectivity index (χ4n) is 0.757. The number of hydrogen-bond acceptors (Lipinski definition) is 6. The van der Waals surface area contributed by atoms with E-state index in [1.165, 1.54) is 14.2 Å². The Bertz CT molecular complexity index is 285. The number of nitrogens with one attached hydrogen (secondary N) is 2. The molecular formula is C9H14N2O6. The van der Waals surface area contributed by atoms with Crippen molar-refractivity contribution >= 4 is 23.8 Å². The number of methoxy groups -OCH3 is 2. The van der Waals surface area contributed by atoms with Gasteiger partial charge in [0.15, 0.2) is 0 Å². The van der Waals surface area contributed by atoms with Crippen LogP contribution in [0, 0.1) is 0 Å². The molecule has 0 saturated carbocycles. The van der Waals surface area contributed by atoms with Crippen LogP contribution in [0.25, 0.3) is 0 Å². The van der Waals surface area contributed by atoms with Gasteiger partial charge in [-0.3, -0.25) is 19.2 Å². The van der Waals surface area contributed by atoms with Crippen LogP contribution in [-0.4, -0.2) is 51.1 Å². The van der Waals surface area contributed by atoms with Crippen LogP contribution < -0.4 is 10.6 Å². The van der Waals surface area contributed by atoms with Crippen LogP contribution in [0.1, 0.15) is 6.42 Å². The number of rotatable bonds is 6. The summed E-state index contributed by atoms with van der Waals surface area (Å²) in [6, 6.07) is 0. The van der Waals surface area contributed by atoms with E-state index >= 15 is 0 Å². The summed E-state index contributed by atoms with van der Waals surface area (Å²) in [5.41, 5.74) is 0. The lowest BCUT2D eigenvalue weighted by Gasteiger charge is -2.04. The second-order valence-corrected chi connectivity index (χ2v) is 2.88. The van der Waals surface area contributed by atoms with Gasteiger partial charge in [-0.15, -0.1) is 0 Å². The van der Waals surface area contributed by atoms with Crippen molar-refractivity contribution < 1.29 is 28.7 Å². The number of hydrogen-bond donors (Lipinski definition) is 2. The molecule has 0 unspecified atom stereocenters. The van der Waals surface area contributed by atoms with Crippen molar-refractivity contribution in [3.05, 3.63) is 0 Å².